The summed E-state index contributed by atoms with van der Waals surface area (Å²) in [6.45, 7) is 4.69. The zero-order chi connectivity index (χ0) is 9.73. The van der Waals surface area contributed by atoms with Crippen molar-refractivity contribution in [2.75, 3.05) is 44.7 Å². The van der Waals surface area contributed by atoms with E-state index in [2.05, 4.69) is 10.2 Å². The van der Waals surface area contributed by atoms with Gasteiger partial charge in [0.05, 0.1) is 5.75 Å². The fraction of sp³-hybridized carbons (Fsp3) is 1.00. The van der Waals surface area contributed by atoms with Gasteiger partial charge < -0.3 is 10.2 Å². The number of sulfone groups is 1. The van der Waals surface area contributed by atoms with E-state index in [0.717, 1.165) is 32.6 Å². The lowest BCUT2D eigenvalue weighted by atomic mass is 10.4. The van der Waals surface area contributed by atoms with Crippen molar-refractivity contribution in [3.63, 3.8) is 0 Å². The molecule has 0 radical (unpaired) electrons. The van der Waals surface area contributed by atoms with Crippen LogP contribution in [0.5, 0.6) is 0 Å². The molecule has 0 spiro atoms. The lowest BCUT2D eigenvalue weighted by molar-refractivity contribution is 0.309. The summed E-state index contributed by atoms with van der Waals surface area (Å²) in [5.74, 6) is 0.285. The lowest BCUT2D eigenvalue weighted by Gasteiger charge is -2.18. The summed E-state index contributed by atoms with van der Waals surface area (Å²) in [5.41, 5.74) is 0. The zero-order valence-electron chi connectivity index (χ0n) is 8.12. The van der Waals surface area contributed by atoms with Crippen LogP contribution >= 0.6 is 0 Å². The summed E-state index contributed by atoms with van der Waals surface area (Å²) in [6.07, 6.45) is 2.41. The minimum Gasteiger partial charge on any atom is -0.315 e. The average molecular weight is 206 g/mol. The fourth-order valence-electron chi connectivity index (χ4n) is 1.42. The van der Waals surface area contributed by atoms with E-state index >= 15 is 0 Å². The number of nitrogens with zero attached hydrogens (tertiary/aromatic N) is 1. The van der Waals surface area contributed by atoms with Gasteiger partial charge in [0, 0.05) is 25.9 Å². The topological polar surface area (TPSA) is 49.4 Å². The van der Waals surface area contributed by atoms with Crippen LogP contribution in [0.4, 0.5) is 0 Å². The number of hydrogen-bond donors (Lipinski definition) is 1. The van der Waals surface area contributed by atoms with Crippen LogP contribution < -0.4 is 5.32 Å². The molecule has 0 atom stereocenters. The average Bonchev–Trinajstić information content (AvgIpc) is 2.26. The summed E-state index contributed by atoms with van der Waals surface area (Å²) in [4.78, 5) is 2.21. The highest BCUT2D eigenvalue weighted by Crippen LogP contribution is 1.96. The SMILES string of the molecule is CS(=O)(=O)CCN1CCCNCC1. The molecule has 0 aromatic rings. The van der Waals surface area contributed by atoms with E-state index < -0.39 is 9.84 Å². The Morgan fingerprint density at radius 3 is 2.77 bits per heavy atom. The first-order valence-electron chi connectivity index (χ1n) is 4.69. The van der Waals surface area contributed by atoms with Crippen molar-refractivity contribution in [2.45, 2.75) is 6.42 Å². The van der Waals surface area contributed by atoms with Gasteiger partial charge in [0.25, 0.3) is 0 Å². The molecular formula is C8H18N2O2S. The van der Waals surface area contributed by atoms with E-state index in [0.29, 0.717) is 6.54 Å². The molecule has 1 aliphatic rings. The highest BCUT2D eigenvalue weighted by Gasteiger charge is 2.10. The maximum Gasteiger partial charge on any atom is 0.148 e. The molecule has 1 heterocycles. The van der Waals surface area contributed by atoms with Gasteiger partial charge in [0.1, 0.15) is 9.84 Å². The smallest absolute Gasteiger partial charge is 0.148 e. The van der Waals surface area contributed by atoms with Gasteiger partial charge in [-0.2, -0.15) is 0 Å². The van der Waals surface area contributed by atoms with Gasteiger partial charge in [-0.1, -0.05) is 0 Å². The Kier molecular flexibility index (Phi) is 4.15. The molecule has 1 saturated heterocycles. The van der Waals surface area contributed by atoms with Crippen LogP contribution in [-0.2, 0) is 9.84 Å². The molecule has 0 aromatic carbocycles. The Balaban J connectivity index is 2.27. The van der Waals surface area contributed by atoms with Gasteiger partial charge in [0.2, 0.25) is 0 Å². The number of hydrogen-bond acceptors (Lipinski definition) is 4. The van der Waals surface area contributed by atoms with E-state index in [-0.39, 0.29) is 5.75 Å². The van der Waals surface area contributed by atoms with Crippen LogP contribution in [0.15, 0.2) is 0 Å². The van der Waals surface area contributed by atoms with Crippen molar-refractivity contribution in [1.29, 1.82) is 0 Å². The Hall–Kier alpha value is -0.130. The first kappa shape index (κ1) is 10.9. The molecule has 1 aliphatic heterocycles. The Morgan fingerprint density at radius 2 is 2.08 bits per heavy atom. The van der Waals surface area contributed by atoms with Gasteiger partial charge in [-0.25, -0.2) is 8.42 Å². The predicted molar refractivity (Wildman–Crippen MR) is 53.6 cm³/mol. The molecule has 5 heteroatoms. The summed E-state index contributed by atoms with van der Waals surface area (Å²) in [6, 6.07) is 0. The first-order valence-corrected chi connectivity index (χ1v) is 6.75. The number of rotatable bonds is 3. The van der Waals surface area contributed by atoms with E-state index in [1.807, 2.05) is 0 Å². The van der Waals surface area contributed by atoms with Gasteiger partial charge in [-0.05, 0) is 19.5 Å². The largest absolute Gasteiger partial charge is 0.315 e. The molecule has 0 aromatic heterocycles. The maximum absolute atomic E-state index is 10.9. The second kappa shape index (κ2) is 4.93. The maximum atomic E-state index is 10.9. The van der Waals surface area contributed by atoms with Crippen LogP contribution in [0.3, 0.4) is 0 Å². The second-order valence-corrected chi connectivity index (χ2v) is 5.83. The monoisotopic (exact) mass is 206 g/mol. The van der Waals surface area contributed by atoms with Crippen molar-refractivity contribution in [3.8, 4) is 0 Å². The van der Waals surface area contributed by atoms with Crippen LogP contribution in [-0.4, -0.2) is 58.1 Å². The van der Waals surface area contributed by atoms with Crippen molar-refractivity contribution in [3.05, 3.63) is 0 Å². The summed E-state index contributed by atoms with van der Waals surface area (Å²) >= 11 is 0. The molecule has 0 unspecified atom stereocenters. The van der Waals surface area contributed by atoms with Crippen molar-refractivity contribution in [1.82, 2.24) is 10.2 Å². The van der Waals surface area contributed by atoms with E-state index in [1.54, 1.807) is 0 Å². The third-order valence-electron chi connectivity index (χ3n) is 2.21. The molecule has 4 nitrogen and oxygen atoms in total. The fourth-order valence-corrected chi connectivity index (χ4v) is 2.01. The molecule has 0 aliphatic carbocycles. The minimum atomic E-state index is -2.80. The zero-order valence-corrected chi connectivity index (χ0v) is 8.94. The predicted octanol–water partition coefficient (Wildman–Crippen LogP) is -0.674. The molecule has 0 saturated carbocycles. The van der Waals surface area contributed by atoms with Crippen molar-refractivity contribution >= 4 is 9.84 Å². The van der Waals surface area contributed by atoms with E-state index in [9.17, 15) is 8.42 Å². The molecule has 13 heavy (non-hydrogen) atoms. The highest BCUT2D eigenvalue weighted by molar-refractivity contribution is 7.90. The first-order chi connectivity index (χ1) is 6.08. The van der Waals surface area contributed by atoms with Gasteiger partial charge >= 0.3 is 0 Å². The minimum absolute atomic E-state index is 0.285. The molecule has 78 valence electrons. The third-order valence-corrected chi connectivity index (χ3v) is 3.14. The van der Waals surface area contributed by atoms with Gasteiger partial charge in [0.15, 0.2) is 0 Å². The normalized spacial score (nSPS) is 21.3. The van der Waals surface area contributed by atoms with Gasteiger partial charge in [-0.15, -0.1) is 0 Å². The van der Waals surface area contributed by atoms with Crippen LogP contribution in [0, 0.1) is 0 Å². The van der Waals surface area contributed by atoms with E-state index in [1.165, 1.54) is 6.26 Å². The second-order valence-electron chi connectivity index (χ2n) is 3.58. The lowest BCUT2D eigenvalue weighted by Crippen LogP contribution is -2.32. The van der Waals surface area contributed by atoms with Crippen LogP contribution in [0.25, 0.3) is 0 Å². The Morgan fingerprint density at radius 1 is 1.31 bits per heavy atom. The molecule has 1 N–H and O–H groups in total. The van der Waals surface area contributed by atoms with Crippen molar-refractivity contribution < 1.29 is 8.42 Å². The molecular weight excluding hydrogens is 188 g/mol. The molecule has 0 amide bonds. The highest BCUT2D eigenvalue weighted by atomic mass is 32.2. The summed E-state index contributed by atoms with van der Waals surface area (Å²) in [5, 5.41) is 3.28. The third kappa shape index (κ3) is 5.23. The Labute approximate surface area is 80.2 Å². The number of nitrogens with one attached hydrogen (secondary N) is 1. The molecule has 1 fully saturated rings. The van der Waals surface area contributed by atoms with Crippen molar-refractivity contribution in [2.24, 2.45) is 0 Å². The van der Waals surface area contributed by atoms with Crippen LogP contribution in [0.1, 0.15) is 6.42 Å². The molecule has 1 rings (SSSR count). The standard InChI is InChI=1S/C8H18N2O2S/c1-13(11,12)8-7-10-5-2-3-9-4-6-10/h9H,2-8H2,1H3. The van der Waals surface area contributed by atoms with Gasteiger partial charge in [-0.3, -0.25) is 0 Å². The summed E-state index contributed by atoms with van der Waals surface area (Å²) < 4.78 is 21.8. The van der Waals surface area contributed by atoms with E-state index in [4.69, 9.17) is 0 Å². The van der Waals surface area contributed by atoms with Crippen LogP contribution in [0.2, 0.25) is 0 Å². The quantitative estimate of drug-likeness (QED) is 0.665. The molecule has 0 bridgehead atoms. The summed E-state index contributed by atoms with van der Waals surface area (Å²) in [7, 11) is -2.80. The Bertz CT molecular complexity index is 231.